The molecule has 1 aromatic heterocycles. The molecule has 0 radical (unpaired) electrons. The molecule has 6 rings (SSSR count). The van der Waals surface area contributed by atoms with E-state index < -0.39 is 19.0 Å². The average molecular weight is 678 g/mol. The van der Waals surface area contributed by atoms with Gasteiger partial charge in [-0.1, -0.05) is 22.0 Å². The minimum Gasteiger partial charge on any atom is -0.768 e. The fourth-order valence-electron chi connectivity index (χ4n) is 5.70. The summed E-state index contributed by atoms with van der Waals surface area (Å²) in [5.41, 5.74) is 2.28. The minimum absolute atomic E-state index is 0.0546. The molecule has 1 amide bonds. The molecule has 222 valence electrons. The van der Waals surface area contributed by atoms with Crippen LogP contribution < -0.4 is 14.9 Å². The Morgan fingerprint density at radius 3 is 2.62 bits per heavy atom. The number of morpholine rings is 1. The Labute approximate surface area is 253 Å². The summed E-state index contributed by atoms with van der Waals surface area (Å²) in [6.07, 6.45) is 0. The van der Waals surface area contributed by atoms with E-state index in [2.05, 4.69) is 25.8 Å². The second-order valence-corrected chi connectivity index (χ2v) is 13.5. The molecule has 2 aliphatic heterocycles. The largest absolute Gasteiger partial charge is 0.768 e. The summed E-state index contributed by atoms with van der Waals surface area (Å²) < 4.78 is 34.6. The molecule has 11 nitrogen and oxygen atoms in total. The highest BCUT2D eigenvalue weighted by atomic mass is 79.9. The van der Waals surface area contributed by atoms with Crippen LogP contribution in [0.5, 0.6) is 5.75 Å². The number of fused-ring (bicyclic) bond motifs is 4. The second kappa shape index (κ2) is 11.9. The number of amides is 1. The fraction of sp³-hybridized carbons (Fsp3) is 0.321. The normalized spacial score (nSPS) is 18.5. The Hall–Kier alpha value is -2.45. The highest BCUT2D eigenvalue weighted by Gasteiger charge is 2.42. The van der Waals surface area contributed by atoms with Crippen LogP contribution in [0.4, 0.5) is 5.69 Å². The lowest BCUT2D eigenvalue weighted by molar-refractivity contribution is 0.0322. The number of nitrogens with one attached hydrogen (secondary N) is 1. The number of carbonyl (C=O) groups excluding carboxylic acids is 1. The van der Waals surface area contributed by atoms with Gasteiger partial charge in [0.1, 0.15) is 18.1 Å². The Balaban J connectivity index is 1.31. The number of benzene rings is 3. The molecular weight excluding hydrogens is 649 g/mol. The molecule has 0 saturated carbocycles. The van der Waals surface area contributed by atoms with Gasteiger partial charge in [0.2, 0.25) is 0 Å². The highest BCUT2D eigenvalue weighted by Crippen LogP contribution is 2.50. The van der Waals surface area contributed by atoms with Crippen molar-refractivity contribution in [2.45, 2.75) is 10.8 Å². The van der Waals surface area contributed by atoms with Crippen LogP contribution >= 0.6 is 23.9 Å². The van der Waals surface area contributed by atoms with E-state index in [0.717, 1.165) is 49.3 Å². The maximum absolute atomic E-state index is 13.9. The predicted octanol–water partition coefficient (Wildman–Crippen LogP) is 2.77. The van der Waals surface area contributed by atoms with Crippen LogP contribution in [0.2, 0.25) is 0 Å². The third-order valence-electron chi connectivity index (χ3n) is 7.76. The van der Waals surface area contributed by atoms with Gasteiger partial charge in [-0.15, -0.1) is 0 Å². The molecule has 0 aliphatic carbocycles. The summed E-state index contributed by atoms with van der Waals surface area (Å²) in [6.45, 7) is 4.87. The molecule has 2 atom stereocenters. The first-order chi connectivity index (χ1) is 20.1. The van der Waals surface area contributed by atoms with Gasteiger partial charge in [0.15, 0.2) is 5.30 Å². The molecule has 14 heteroatoms. The zero-order chi connectivity index (χ0) is 29.6. The van der Waals surface area contributed by atoms with E-state index >= 15 is 0 Å². The lowest BCUT2D eigenvalue weighted by Crippen LogP contribution is -2.38. The van der Waals surface area contributed by atoms with Gasteiger partial charge in [-0.05, 0) is 58.4 Å². The van der Waals surface area contributed by atoms with Gasteiger partial charge in [-0.2, -0.15) is 14.7 Å². The monoisotopic (exact) mass is 677 g/mol. The van der Waals surface area contributed by atoms with Crippen molar-refractivity contribution >= 4 is 73.5 Å². The Bertz CT molecular complexity index is 1690. The number of halogens is 1. The van der Waals surface area contributed by atoms with Gasteiger partial charge in [-0.3, -0.25) is 13.9 Å². The van der Waals surface area contributed by atoms with Crippen molar-refractivity contribution in [1.29, 1.82) is 0 Å². The second-order valence-electron chi connectivity index (χ2n) is 10.3. The zero-order valence-electron chi connectivity index (χ0n) is 22.4. The number of anilines is 1. The Morgan fingerprint density at radius 2 is 1.90 bits per heavy atom. The molecule has 1 saturated heterocycles. The van der Waals surface area contributed by atoms with Crippen molar-refractivity contribution in [3.63, 3.8) is 0 Å². The molecule has 3 heterocycles. The minimum atomic E-state index is -4.58. The number of aromatic nitrogens is 1. The third-order valence-corrected chi connectivity index (χ3v) is 10.2. The quantitative estimate of drug-likeness (QED) is 0.125. The number of carbonyl (C=O) groups is 1. The van der Waals surface area contributed by atoms with Crippen molar-refractivity contribution in [3.05, 3.63) is 59.8 Å². The van der Waals surface area contributed by atoms with E-state index in [1.807, 2.05) is 18.2 Å². The van der Waals surface area contributed by atoms with Crippen LogP contribution in [-0.2, 0) is 15.8 Å². The van der Waals surface area contributed by atoms with Gasteiger partial charge in [0.25, 0.3) is 5.91 Å². The molecule has 0 bridgehead atoms. The number of ether oxygens (including phenoxy) is 2. The number of H-pyrrole nitrogens is 1. The maximum Gasteiger partial charge on any atom is 0.441 e. The lowest BCUT2D eigenvalue weighted by Gasteiger charge is -2.26. The molecule has 1 fully saturated rings. The van der Waals surface area contributed by atoms with Crippen LogP contribution in [-0.4, -0.2) is 90.6 Å². The summed E-state index contributed by atoms with van der Waals surface area (Å²) in [4.78, 5) is 51.7. The van der Waals surface area contributed by atoms with Gasteiger partial charge in [0, 0.05) is 64.7 Å². The standard InChI is InChI=1S/C28H29BrN3O8PS/c29-15-18-16-32(25-14-26(41(34,35)36)22-13-20(42(37)38)2-3-21(22)27(18)25)28(33)24-12-17-11-19(1-4-23(17)30-24)40-10-7-31-5-8-39-9-6-31/h1-4,11-14,18,34-36H,5-10,15-16H2,(H-,30,33,37,38). The van der Waals surface area contributed by atoms with E-state index in [-0.39, 0.29) is 27.4 Å². The van der Waals surface area contributed by atoms with Crippen LogP contribution in [0.1, 0.15) is 22.0 Å². The maximum atomic E-state index is 13.9. The van der Waals surface area contributed by atoms with Gasteiger partial charge < -0.3 is 23.9 Å². The molecule has 42 heavy (non-hydrogen) atoms. The molecule has 4 N–H and O–H groups in total. The van der Waals surface area contributed by atoms with Gasteiger partial charge >= 0.3 is 7.94 Å². The van der Waals surface area contributed by atoms with E-state index in [1.54, 1.807) is 17.0 Å². The number of hydrogen-bond acceptors (Lipinski definition) is 9. The van der Waals surface area contributed by atoms with Crippen LogP contribution in [0.25, 0.3) is 21.7 Å². The first-order valence-electron chi connectivity index (χ1n) is 13.4. The van der Waals surface area contributed by atoms with Crippen molar-refractivity contribution in [1.82, 2.24) is 9.88 Å². The first kappa shape index (κ1) is 29.6. The highest BCUT2D eigenvalue weighted by molar-refractivity contribution is 9.09. The van der Waals surface area contributed by atoms with Crippen molar-refractivity contribution in [3.8, 4) is 5.75 Å². The topological polar surface area (TPSA) is 159 Å². The summed E-state index contributed by atoms with van der Waals surface area (Å²) in [6, 6.07) is 13.0. The summed E-state index contributed by atoms with van der Waals surface area (Å²) in [5, 5.41) is 1.84. The summed E-state index contributed by atoms with van der Waals surface area (Å²) >= 11 is 0.976. The fourth-order valence-corrected chi connectivity index (χ4v) is 7.43. The van der Waals surface area contributed by atoms with Crippen LogP contribution in [0, 0.1) is 0 Å². The molecule has 2 unspecified atom stereocenters. The number of nitrogens with zero attached hydrogens (tertiary/aromatic N) is 2. The Morgan fingerprint density at radius 1 is 1.12 bits per heavy atom. The molecule has 4 aromatic rings. The van der Waals surface area contributed by atoms with E-state index in [0.29, 0.717) is 41.0 Å². The predicted molar refractivity (Wildman–Crippen MR) is 164 cm³/mol. The van der Waals surface area contributed by atoms with Crippen molar-refractivity contribution < 1.29 is 37.7 Å². The van der Waals surface area contributed by atoms with Gasteiger partial charge in [0.05, 0.1) is 18.9 Å². The van der Waals surface area contributed by atoms with E-state index in [1.165, 1.54) is 18.2 Å². The summed E-state index contributed by atoms with van der Waals surface area (Å²) in [5.74, 6) is 0.207. The van der Waals surface area contributed by atoms with Crippen molar-refractivity contribution in [2.75, 3.05) is 56.2 Å². The third kappa shape index (κ3) is 5.73. The molecule has 0 spiro atoms. The number of rotatable bonds is 8. The van der Waals surface area contributed by atoms with Crippen molar-refractivity contribution in [2.24, 2.45) is 0 Å². The zero-order valence-corrected chi connectivity index (χ0v) is 25.7. The first-order valence-corrected chi connectivity index (χ1v) is 17.2. The van der Waals surface area contributed by atoms with E-state index in [4.69, 9.17) is 9.47 Å². The van der Waals surface area contributed by atoms with Crippen LogP contribution in [0.3, 0.4) is 0 Å². The van der Waals surface area contributed by atoms with E-state index in [9.17, 15) is 28.2 Å². The summed E-state index contributed by atoms with van der Waals surface area (Å²) in [7, 11) is -4.58. The number of alkyl halides is 1. The van der Waals surface area contributed by atoms with Gasteiger partial charge in [-0.25, -0.2) is 0 Å². The molecule has 3 aromatic carbocycles. The molecular formula is C28H29BrN3O8PS. The number of aromatic amines is 1. The smallest absolute Gasteiger partial charge is 0.441 e. The Kier molecular flexibility index (Phi) is 8.40. The lowest BCUT2D eigenvalue weighted by atomic mass is 9.96. The SMILES string of the molecule is O=C(c1cc2cc(OCCN3CCOCC3)ccc2[nH]1)N1CC(CBr)c2c1cc([P+](O)(O)O)c1cc(S(=O)[O-])ccc21. The molecule has 2 aliphatic rings. The van der Waals surface area contributed by atoms with Crippen LogP contribution in [0.15, 0.2) is 53.4 Å². The number of hydrogen-bond donors (Lipinski definition) is 4. The average Bonchev–Trinajstić information content (AvgIpc) is 3.57.